The first-order valence-electron chi connectivity index (χ1n) is 1.41. The Morgan fingerprint density at radius 3 is 0.357 bits per heavy atom. The van der Waals surface area contributed by atoms with E-state index in [4.69, 9.17) is 30.1 Å². The molecule has 0 fully saturated rings. The molecule has 14 heavy (non-hydrogen) atoms. The summed E-state index contributed by atoms with van der Waals surface area (Å²) in [5.74, 6) is 0. The van der Waals surface area contributed by atoms with Crippen LogP contribution in [-0.2, 0) is 0 Å². The summed E-state index contributed by atoms with van der Waals surface area (Å²) in [5, 5.41) is 50.5. The van der Waals surface area contributed by atoms with Gasteiger partial charge in [-0.25, -0.2) is 0 Å². The van der Waals surface area contributed by atoms with Crippen molar-refractivity contribution in [2.24, 2.45) is 0 Å². The third kappa shape index (κ3) is 147. The molecular formula is B2Na6O6. The molecule has 0 amide bonds. The zero-order valence-corrected chi connectivity index (χ0v) is 21.6. The van der Waals surface area contributed by atoms with Crippen LogP contribution in [-0.4, -0.2) is 14.6 Å². The van der Waals surface area contributed by atoms with E-state index in [0.29, 0.717) is 0 Å². The Bertz CT molecular complexity index is 35.8. The predicted octanol–water partition coefficient (Wildman–Crippen LogP) is -25.9. The Labute approximate surface area is 216 Å². The van der Waals surface area contributed by atoms with E-state index in [1.54, 1.807) is 0 Å². The van der Waals surface area contributed by atoms with Crippen LogP contribution >= 0.6 is 0 Å². The maximum Gasteiger partial charge on any atom is 1.00 e. The first kappa shape index (κ1) is 50.2. The molecule has 0 aliphatic heterocycles. The molecule has 0 aromatic heterocycles. The van der Waals surface area contributed by atoms with Crippen LogP contribution < -0.4 is 207 Å². The average molecular weight is 256 g/mol. The van der Waals surface area contributed by atoms with Gasteiger partial charge < -0.3 is 30.1 Å². The van der Waals surface area contributed by atoms with Crippen LogP contribution in [0.2, 0.25) is 0 Å². The second kappa shape index (κ2) is 42.8. The van der Waals surface area contributed by atoms with Crippen molar-refractivity contribution in [3.8, 4) is 0 Å². The summed E-state index contributed by atoms with van der Waals surface area (Å²) in [5.41, 5.74) is 0. The zero-order valence-electron chi connectivity index (χ0n) is 9.60. The Balaban J connectivity index is -0.00000000600. The molecule has 0 atom stereocenters. The number of hydrogen-bond acceptors (Lipinski definition) is 6. The van der Waals surface area contributed by atoms with Gasteiger partial charge in [-0.1, -0.05) is 0 Å². The van der Waals surface area contributed by atoms with E-state index >= 15 is 0 Å². The smallest absolute Gasteiger partial charge is 0.907 e. The van der Waals surface area contributed by atoms with Crippen LogP contribution in [0.25, 0.3) is 0 Å². The summed E-state index contributed by atoms with van der Waals surface area (Å²) in [4.78, 5) is 0. The van der Waals surface area contributed by atoms with E-state index in [-0.39, 0.29) is 177 Å². The fraction of sp³-hybridized carbons (Fsp3) is 0. The minimum Gasteiger partial charge on any atom is -0.907 e. The molecular weight excluding hydrogens is 256 g/mol. The first-order valence-corrected chi connectivity index (χ1v) is 1.41. The van der Waals surface area contributed by atoms with Crippen LogP contribution in [0.1, 0.15) is 0 Å². The van der Waals surface area contributed by atoms with Gasteiger partial charge in [0.2, 0.25) is 0 Å². The molecule has 0 spiro atoms. The minimum atomic E-state index is -2.92. The quantitative estimate of drug-likeness (QED) is 0.394. The molecule has 0 aliphatic rings. The van der Waals surface area contributed by atoms with Crippen molar-refractivity contribution in [2.45, 2.75) is 0 Å². The van der Waals surface area contributed by atoms with E-state index in [1.165, 1.54) is 0 Å². The van der Waals surface area contributed by atoms with Crippen LogP contribution in [0.3, 0.4) is 0 Å². The third-order valence-electron chi connectivity index (χ3n) is 0. The van der Waals surface area contributed by atoms with E-state index in [0.717, 1.165) is 0 Å². The van der Waals surface area contributed by atoms with Crippen molar-refractivity contribution in [1.29, 1.82) is 0 Å². The predicted molar refractivity (Wildman–Crippen MR) is 11.5 cm³/mol. The van der Waals surface area contributed by atoms with Crippen LogP contribution in [0.5, 0.6) is 0 Å². The molecule has 14 heteroatoms. The molecule has 0 aliphatic carbocycles. The molecule has 0 bridgehead atoms. The third-order valence-corrected chi connectivity index (χ3v) is 0. The van der Waals surface area contributed by atoms with E-state index < -0.39 is 14.6 Å². The second-order valence-electron chi connectivity index (χ2n) is 0.577. The van der Waals surface area contributed by atoms with E-state index in [9.17, 15) is 0 Å². The van der Waals surface area contributed by atoms with Gasteiger partial charge in [-0.05, 0) is 0 Å². The average Bonchev–Trinajstić information content (AvgIpc) is 1.25. The molecule has 0 saturated carbocycles. The molecule has 0 aromatic rings. The van der Waals surface area contributed by atoms with Crippen molar-refractivity contribution >= 4 is 14.6 Å². The fourth-order valence-electron chi connectivity index (χ4n) is 0. The molecule has 0 radical (unpaired) electrons. The summed E-state index contributed by atoms with van der Waals surface area (Å²) in [6.07, 6.45) is 0. The molecule has 48 valence electrons. The SMILES string of the molecule is [Na+].[Na+].[Na+].[Na+].[Na+].[Na+].[O-]B([O-])[O-].[O-]B([O-])[O-]. The van der Waals surface area contributed by atoms with Gasteiger partial charge in [-0.2, -0.15) is 0 Å². The van der Waals surface area contributed by atoms with Gasteiger partial charge in [0, 0.05) is 0 Å². The molecule has 0 rings (SSSR count). The summed E-state index contributed by atoms with van der Waals surface area (Å²) >= 11 is 0. The molecule has 0 N–H and O–H groups in total. The Hall–Kier alpha value is 5.89. The summed E-state index contributed by atoms with van der Waals surface area (Å²) in [7, 11) is -5.83. The van der Waals surface area contributed by atoms with Crippen LogP contribution in [0.15, 0.2) is 0 Å². The van der Waals surface area contributed by atoms with Crippen molar-refractivity contribution in [3.05, 3.63) is 0 Å². The maximum atomic E-state index is 8.42. The summed E-state index contributed by atoms with van der Waals surface area (Å²) in [6.45, 7) is 0. The summed E-state index contributed by atoms with van der Waals surface area (Å²) in [6, 6.07) is 0. The van der Waals surface area contributed by atoms with Crippen molar-refractivity contribution in [1.82, 2.24) is 0 Å². The van der Waals surface area contributed by atoms with Crippen molar-refractivity contribution in [3.63, 3.8) is 0 Å². The normalized spacial score (nSPS) is 3.86. The Morgan fingerprint density at radius 1 is 0.357 bits per heavy atom. The molecule has 0 aromatic carbocycles. The second-order valence-corrected chi connectivity index (χ2v) is 0.577. The van der Waals surface area contributed by atoms with E-state index in [1.807, 2.05) is 0 Å². The Morgan fingerprint density at radius 2 is 0.357 bits per heavy atom. The first-order chi connectivity index (χ1) is 3.46. The van der Waals surface area contributed by atoms with Gasteiger partial charge in [0.25, 0.3) is 0 Å². The van der Waals surface area contributed by atoms with Gasteiger partial charge >= 0.3 is 177 Å². The van der Waals surface area contributed by atoms with Crippen LogP contribution in [0.4, 0.5) is 0 Å². The monoisotopic (exact) mass is 256 g/mol. The molecule has 6 nitrogen and oxygen atoms in total. The molecule has 0 heterocycles. The molecule has 0 unspecified atom stereocenters. The van der Waals surface area contributed by atoms with Gasteiger partial charge in [-0.15, -0.1) is 0 Å². The summed E-state index contributed by atoms with van der Waals surface area (Å²) < 4.78 is 0. The van der Waals surface area contributed by atoms with Gasteiger partial charge in [-0.3, -0.25) is 14.6 Å². The fourth-order valence-corrected chi connectivity index (χ4v) is 0. The van der Waals surface area contributed by atoms with E-state index in [2.05, 4.69) is 0 Å². The molecule has 0 saturated heterocycles. The van der Waals surface area contributed by atoms with Crippen molar-refractivity contribution in [2.75, 3.05) is 0 Å². The number of rotatable bonds is 0. The Kier molecular flexibility index (Phi) is 153. The standard InChI is InChI=1S/2BO3.6Na/c2*2-1(3)4;;;;;;/q2*-3;6*+1. The van der Waals surface area contributed by atoms with Gasteiger partial charge in [0.1, 0.15) is 0 Å². The van der Waals surface area contributed by atoms with Gasteiger partial charge in [0.15, 0.2) is 0 Å². The largest absolute Gasteiger partial charge is 1.00 e. The van der Waals surface area contributed by atoms with Crippen molar-refractivity contribution < 1.29 is 207 Å². The number of hydrogen-bond donors (Lipinski definition) is 0. The zero-order chi connectivity index (χ0) is 7.15. The maximum absolute atomic E-state index is 8.42. The minimum absolute atomic E-state index is 0. The topological polar surface area (TPSA) is 138 Å². The van der Waals surface area contributed by atoms with Gasteiger partial charge in [0.05, 0.1) is 0 Å². The van der Waals surface area contributed by atoms with Crippen LogP contribution in [0, 0.1) is 0 Å².